The van der Waals surface area contributed by atoms with Crippen molar-refractivity contribution in [2.24, 2.45) is 0 Å². The number of carbonyl (C=O) groups is 1. The smallest absolute Gasteiger partial charge is 0.257 e. The van der Waals surface area contributed by atoms with E-state index in [0.29, 0.717) is 16.6 Å². The highest BCUT2D eigenvalue weighted by atomic mass is 32.1. The molecule has 0 radical (unpaired) electrons. The van der Waals surface area contributed by atoms with Crippen molar-refractivity contribution in [3.63, 3.8) is 0 Å². The van der Waals surface area contributed by atoms with Crippen LogP contribution < -0.4 is 5.32 Å². The number of benzene rings is 1. The molecule has 4 rings (SSSR count). The first-order valence-corrected chi connectivity index (χ1v) is 7.84. The van der Waals surface area contributed by atoms with Crippen LogP contribution in [0.15, 0.2) is 43.0 Å². The summed E-state index contributed by atoms with van der Waals surface area (Å²) in [6.45, 7) is 0. The largest absolute Gasteiger partial charge is 0.306 e. The van der Waals surface area contributed by atoms with E-state index in [0.717, 1.165) is 10.7 Å². The van der Waals surface area contributed by atoms with E-state index in [2.05, 4.69) is 20.5 Å². The minimum atomic E-state index is -0.171. The molecule has 1 aliphatic carbocycles. The number of anilines is 1. The molecule has 1 saturated carbocycles. The monoisotopic (exact) mass is 311 g/mol. The summed E-state index contributed by atoms with van der Waals surface area (Å²) in [5, 5.41) is 12.5. The number of rotatable bonds is 4. The second kappa shape index (κ2) is 5.34. The lowest BCUT2D eigenvalue weighted by atomic mass is 10.2. The number of aromatic nitrogens is 4. The maximum atomic E-state index is 12.2. The predicted octanol–water partition coefficient (Wildman–Crippen LogP) is 2.85. The Bertz CT molecular complexity index is 790. The van der Waals surface area contributed by atoms with Crippen LogP contribution in [0.1, 0.15) is 34.1 Å². The van der Waals surface area contributed by atoms with Crippen molar-refractivity contribution in [1.82, 2.24) is 19.7 Å². The summed E-state index contributed by atoms with van der Waals surface area (Å²) >= 11 is 1.46. The number of amides is 1. The van der Waals surface area contributed by atoms with E-state index in [9.17, 15) is 4.79 Å². The Morgan fingerprint density at radius 1 is 1.23 bits per heavy atom. The van der Waals surface area contributed by atoms with Gasteiger partial charge in [-0.1, -0.05) is 11.3 Å². The highest BCUT2D eigenvalue weighted by Gasteiger charge is 2.27. The molecule has 0 saturated heterocycles. The van der Waals surface area contributed by atoms with Gasteiger partial charge in [0, 0.05) is 29.6 Å². The molecule has 0 aliphatic heterocycles. The lowest BCUT2D eigenvalue weighted by Gasteiger charge is -2.04. The van der Waals surface area contributed by atoms with E-state index in [1.807, 2.05) is 22.9 Å². The molecule has 0 atom stereocenters. The van der Waals surface area contributed by atoms with Gasteiger partial charge < -0.3 is 4.57 Å². The van der Waals surface area contributed by atoms with Crippen molar-refractivity contribution < 1.29 is 4.79 Å². The summed E-state index contributed by atoms with van der Waals surface area (Å²) < 4.78 is 1.88. The minimum Gasteiger partial charge on any atom is -0.306 e. The van der Waals surface area contributed by atoms with Gasteiger partial charge in [-0.05, 0) is 37.1 Å². The zero-order valence-corrected chi connectivity index (χ0v) is 12.5. The van der Waals surface area contributed by atoms with Crippen molar-refractivity contribution in [3.05, 3.63) is 53.6 Å². The maximum Gasteiger partial charge on any atom is 0.257 e. The molecule has 2 heterocycles. The van der Waals surface area contributed by atoms with Gasteiger partial charge in [0.15, 0.2) is 0 Å². The molecule has 0 unspecified atom stereocenters. The zero-order chi connectivity index (χ0) is 14.9. The third-order valence-electron chi connectivity index (χ3n) is 3.52. The van der Waals surface area contributed by atoms with Crippen LogP contribution in [0.4, 0.5) is 5.13 Å². The summed E-state index contributed by atoms with van der Waals surface area (Å²) in [6, 6.07) is 7.33. The molecule has 2 aromatic heterocycles. The minimum absolute atomic E-state index is 0.171. The van der Waals surface area contributed by atoms with Gasteiger partial charge in [-0.2, -0.15) is 0 Å². The number of nitrogens with one attached hydrogen (secondary N) is 1. The number of hydrogen-bond donors (Lipinski definition) is 1. The topological polar surface area (TPSA) is 72.7 Å². The first-order chi connectivity index (χ1) is 10.8. The highest BCUT2D eigenvalue weighted by molar-refractivity contribution is 7.15. The standard InChI is InChI=1S/C15H13N5OS/c21-13(17-15-19-18-14(22-15)11-1-2-11)10-3-5-12(6-4-10)20-8-7-16-9-20/h3-9,11H,1-2H2,(H,17,19,21). The Morgan fingerprint density at radius 2 is 2.05 bits per heavy atom. The molecule has 0 bridgehead atoms. The molecule has 0 spiro atoms. The molecule has 1 N–H and O–H groups in total. The lowest BCUT2D eigenvalue weighted by molar-refractivity contribution is 0.102. The summed E-state index contributed by atoms with van der Waals surface area (Å²) in [5.41, 5.74) is 1.55. The van der Waals surface area contributed by atoms with Crippen molar-refractivity contribution in [2.75, 3.05) is 5.32 Å². The van der Waals surface area contributed by atoms with E-state index in [1.54, 1.807) is 24.7 Å². The summed E-state index contributed by atoms with van der Waals surface area (Å²) in [4.78, 5) is 16.2. The first-order valence-electron chi connectivity index (χ1n) is 7.03. The Hall–Kier alpha value is -2.54. The fraction of sp³-hybridized carbons (Fsp3) is 0.200. The second-order valence-corrected chi connectivity index (χ2v) is 6.20. The summed E-state index contributed by atoms with van der Waals surface area (Å²) in [7, 11) is 0. The van der Waals surface area contributed by atoms with E-state index < -0.39 is 0 Å². The molecule has 1 fully saturated rings. The number of imidazole rings is 1. The molecule has 6 nitrogen and oxygen atoms in total. The Balaban J connectivity index is 1.47. The van der Waals surface area contributed by atoms with Crippen molar-refractivity contribution in [3.8, 4) is 5.69 Å². The fourth-order valence-electron chi connectivity index (χ4n) is 2.15. The van der Waals surface area contributed by atoms with Gasteiger partial charge in [0.1, 0.15) is 5.01 Å². The molecule has 22 heavy (non-hydrogen) atoms. The average molecular weight is 311 g/mol. The van der Waals surface area contributed by atoms with E-state index in [-0.39, 0.29) is 5.91 Å². The predicted molar refractivity (Wildman–Crippen MR) is 83.4 cm³/mol. The van der Waals surface area contributed by atoms with E-state index in [1.165, 1.54) is 24.2 Å². The fourth-order valence-corrected chi connectivity index (χ4v) is 3.05. The van der Waals surface area contributed by atoms with Crippen LogP contribution in [0.2, 0.25) is 0 Å². The molecule has 1 aliphatic rings. The van der Waals surface area contributed by atoms with Crippen molar-refractivity contribution >= 4 is 22.4 Å². The molecule has 7 heteroatoms. The van der Waals surface area contributed by atoms with Crippen molar-refractivity contribution in [2.45, 2.75) is 18.8 Å². The number of nitrogens with zero attached hydrogens (tertiary/aromatic N) is 4. The van der Waals surface area contributed by atoms with Crippen LogP contribution in [-0.4, -0.2) is 25.7 Å². The van der Waals surface area contributed by atoms with Gasteiger partial charge in [-0.15, -0.1) is 10.2 Å². The van der Waals surface area contributed by atoms with Crippen LogP contribution in [0.3, 0.4) is 0 Å². The van der Waals surface area contributed by atoms with Crippen molar-refractivity contribution in [1.29, 1.82) is 0 Å². The second-order valence-electron chi connectivity index (χ2n) is 5.19. The number of hydrogen-bond acceptors (Lipinski definition) is 5. The van der Waals surface area contributed by atoms with Crippen LogP contribution in [0.25, 0.3) is 5.69 Å². The third-order valence-corrected chi connectivity index (χ3v) is 4.52. The quantitative estimate of drug-likeness (QED) is 0.804. The number of carbonyl (C=O) groups excluding carboxylic acids is 1. The van der Waals surface area contributed by atoms with Crippen LogP contribution in [0.5, 0.6) is 0 Å². The molecule has 1 amide bonds. The van der Waals surface area contributed by atoms with Crippen LogP contribution in [-0.2, 0) is 0 Å². The SMILES string of the molecule is O=C(Nc1nnc(C2CC2)s1)c1ccc(-n2ccnc2)cc1. The lowest BCUT2D eigenvalue weighted by Crippen LogP contribution is -2.11. The normalized spacial score (nSPS) is 14.0. The van der Waals surface area contributed by atoms with Gasteiger partial charge >= 0.3 is 0 Å². The van der Waals surface area contributed by atoms with Gasteiger partial charge in [-0.25, -0.2) is 4.98 Å². The summed E-state index contributed by atoms with van der Waals surface area (Å²) in [6.07, 6.45) is 7.65. The third kappa shape index (κ3) is 2.62. The summed E-state index contributed by atoms with van der Waals surface area (Å²) in [5.74, 6) is 0.383. The molecular weight excluding hydrogens is 298 g/mol. The van der Waals surface area contributed by atoms with E-state index >= 15 is 0 Å². The van der Waals surface area contributed by atoms with E-state index in [4.69, 9.17) is 0 Å². The average Bonchev–Trinajstić information content (AvgIpc) is 3.06. The highest BCUT2D eigenvalue weighted by Crippen LogP contribution is 2.42. The molecular formula is C15H13N5OS. The van der Waals surface area contributed by atoms with Gasteiger partial charge in [0.05, 0.1) is 6.33 Å². The molecule has 110 valence electrons. The van der Waals surface area contributed by atoms with Gasteiger partial charge in [-0.3, -0.25) is 10.1 Å². The first kappa shape index (κ1) is 13.1. The maximum absolute atomic E-state index is 12.2. The molecule has 1 aromatic carbocycles. The molecule has 3 aromatic rings. The Labute approximate surface area is 130 Å². The van der Waals surface area contributed by atoms with Crippen LogP contribution in [0, 0.1) is 0 Å². The Morgan fingerprint density at radius 3 is 2.73 bits per heavy atom. The van der Waals surface area contributed by atoms with Gasteiger partial charge in [0.2, 0.25) is 5.13 Å². The zero-order valence-electron chi connectivity index (χ0n) is 11.6. The van der Waals surface area contributed by atoms with Crippen LogP contribution >= 0.6 is 11.3 Å². The Kier molecular flexibility index (Phi) is 3.19. The van der Waals surface area contributed by atoms with Gasteiger partial charge in [0.25, 0.3) is 5.91 Å².